The van der Waals surface area contributed by atoms with Crippen molar-refractivity contribution < 1.29 is 19.1 Å². The van der Waals surface area contributed by atoms with Crippen molar-refractivity contribution in [1.29, 1.82) is 0 Å². The third-order valence-electron chi connectivity index (χ3n) is 3.90. The number of rotatable bonds is 7. The third-order valence-corrected chi connectivity index (χ3v) is 5.00. The molecule has 2 aromatic carbocycles. The van der Waals surface area contributed by atoms with Crippen molar-refractivity contribution in [2.24, 2.45) is 0 Å². The summed E-state index contributed by atoms with van der Waals surface area (Å²) in [4.78, 5) is 28.9. The second-order valence-corrected chi connectivity index (χ2v) is 7.14. The van der Waals surface area contributed by atoms with E-state index in [0.29, 0.717) is 38.6 Å². The van der Waals surface area contributed by atoms with Gasteiger partial charge < -0.3 is 14.8 Å². The van der Waals surface area contributed by atoms with Gasteiger partial charge in [-0.05, 0) is 12.1 Å². The normalized spacial score (nSPS) is 10.3. The Hall–Kier alpha value is -3.10. The molecule has 3 aromatic rings. The molecule has 7 nitrogen and oxygen atoms in total. The minimum atomic E-state index is -0.293. The minimum Gasteiger partial charge on any atom is -0.495 e. The molecule has 0 saturated carbocycles. The minimum absolute atomic E-state index is 0.0335. The predicted octanol–water partition coefficient (Wildman–Crippen LogP) is 4.25. The average molecular weight is 432 g/mol. The van der Waals surface area contributed by atoms with E-state index in [0.717, 1.165) is 0 Å². The van der Waals surface area contributed by atoms with Crippen LogP contribution in [0.15, 0.2) is 47.8 Å². The molecule has 0 aliphatic rings. The SMILES string of the molecule is COc1cc(NC(=O)Cc2csc(NC(=O)c3ccccc3)n2)c(OC)cc1Cl. The van der Waals surface area contributed by atoms with E-state index in [-0.39, 0.29) is 18.2 Å². The zero-order valence-electron chi connectivity index (χ0n) is 15.7. The largest absolute Gasteiger partial charge is 0.495 e. The monoisotopic (exact) mass is 431 g/mol. The van der Waals surface area contributed by atoms with Gasteiger partial charge in [-0.3, -0.25) is 14.9 Å². The number of aromatic nitrogens is 1. The average Bonchev–Trinajstić information content (AvgIpc) is 3.16. The molecule has 150 valence electrons. The first-order valence-corrected chi connectivity index (χ1v) is 9.78. The van der Waals surface area contributed by atoms with E-state index < -0.39 is 0 Å². The lowest BCUT2D eigenvalue weighted by Gasteiger charge is -2.12. The fourth-order valence-electron chi connectivity index (χ4n) is 2.52. The van der Waals surface area contributed by atoms with Gasteiger partial charge in [0.25, 0.3) is 5.91 Å². The number of nitrogens with zero attached hydrogens (tertiary/aromatic N) is 1. The fourth-order valence-corrected chi connectivity index (χ4v) is 3.46. The topological polar surface area (TPSA) is 89.6 Å². The van der Waals surface area contributed by atoms with E-state index in [1.54, 1.807) is 41.8 Å². The Morgan fingerprint density at radius 3 is 2.48 bits per heavy atom. The van der Waals surface area contributed by atoms with Crippen molar-refractivity contribution in [1.82, 2.24) is 4.98 Å². The van der Waals surface area contributed by atoms with Crippen LogP contribution in [0.1, 0.15) is 16.1 Å². The van der Waals surface area contributed by atoms with Crippen molar-refractivity contribution >= 4 is 45.6 Å². The van der Waals surface area contributed by atoms with Gasteiger partial charge in [0, 0.05) is 23.1 Å². The third kappa shape index (κ3) is 5.24. The zero-order valence-corrected chi connectivity index (χ0v) is 17.3. The predicted molar refractivity (Wildman–Crippen MR) is 113 cm³/mol. The van der Waals surface area contributed by atoms with Gasteiger partial charge in [0.15, 0.2) is 5.13 Å². The summed E-state index contributed by atoms with van der Waals surface area (Å²) in [5, 5.41) is 8.01. The van der Waals surface area contributed by atoms with Crippen LogP contribution in [0.4, 0.5) is 10.8 Å². The van der Waals surface area contributed by atoms with E-state index >= 15 is 0 Å². The maximum Gasteiger partial charge on any atom is 0.257 e. The molecule has 1 heterocycles. The Kier molecular flexibility index (Phi) is 6.69. The second-order valence-electron chi connectivity index (χ2n) is 5.88. The summed E-state index contributed by atoms with van der Waals surface area (Å²) in [7, 11) is 2.97. The number of amides is 2. The summed E-state index contributed by atoms with van der Waals surface area (Å²) >= 11 is 7.33. The molecule has 9 heteroatoms. The summed E-state index contributed by atoms with van der Waals surface area (Å²) in [6, 6.07) is 12.0. The van der Waals surface area contributed by atoms with Crippen LogP contribution in [0.2, 0.25) is 5.02 Å². The van der Waals surface area contributed by atoms with Crippen LogP contribution in [0, 0.1) is 0 Å². The standard InChI is InChI=1S/C20H18ClN3O4S/c1-27-16-10-15(17(28-2)9-14(16)21)23-18(25)8-13-11-29-20(22-13)24-19(26)12-6-4-3-5-7-12/h3-7,9-11H,8H2,1-2H3,(H,23,25)(H,22,24,26). The van der Waals surface area contributed by atoms with Crippen LogP contribution in [-0.4, -0.2) is 31.0 Å². The quantitative estimate of drug-likeness (QED) is 0.583. The van der Waals surface area contributed by atoms with Crippen molar-refractivity contribution in [3.05, 3.63) is 64.1 Å². The lowest BCUT2D eigenvalue weighted by Crippen LogP contribution is -2.16. The summed E-state index contributed by atoms with van der Waals surface area (Å²) in [5.74, 6) is 0.286. The molecular weight excluding hydrogens is 414 g/mol. The maximum absolute atomic E-state index is 12.4. The second kappa shape index (κ2) is 9.40. The highest BCUT2D eigenvalue weighted by atomic mass is 35.5. The van der Waals surface area contributed by atoms with Crippen LogP contribution in [0.3, 0.4) is 0 Å². The molecule has 2 amide bonds. The maximum atomic E-state index is 12.4. The highest BCUT2D eigenvalue weighted by molar-refractivity contribution is 7.14. The Morgan fingerprint density at radius 2 is 1.79 bits per heavy atom. The Balaban J connectivity index is 1.64. The van der Waals surface area contributed by atoms with Gasteiger partial charge in [-0.15, -0.1) is 11.3 Å². The van der Waals surface area contributed by atoms with Crippen molar-refractivity contribution in [2.75, 3.05) is 24.9 Å². The van der Waals surface area contributed by atoms with Gasteiger partial charge in [-0.2, -0.15) is 0 Å². The zero-order chi connectivity index (χ0) is 20.8. The van der Waals surface area contributed by atoms with Gasteiger partial charge >= 0.3 is 0 Å². The van der Waals surface area contributed by atoms with Gasteiger partial charge in [-0.1, -0.05) is 29.8 Å². The number of nitrogens with one attached hydrogen (secondary N) is 2. The number of carbonyl (C=O) groups is 2. The fraction of sp³-hybridized carbons (Fsp3) is 0.150. The number of carbonyl (C=O) groups excluding carboxylic acids is 2. The summed E-state index contributed by atoms with van der Waals surface area (Å²) < 4.78 is 10.4. The lowest BCUT2D eigenvalue weighted by molar-refractivity contribution is -0.115. The van der Waals surface area contributed by atoms with Gasteiger partial charge in [0.05, 0.1) is 37.0 Å². The van der Waals surface area contributed by atoms with E-state index in [9.17, 15) is 9.59 Å². The highest BCUT2D eigenvalue weighted by Crippen LogP contribution is 2.35. The van der Waals surface area contributed by atoms with Crippen LogP contribution in [0.5, 0.6) is 11.5 Å². The molecule has 0 unspecified atom stereocenters. The molecule has 0 aliphatic carbocycles. The molecule has 3 rings (SSSR count). The van der Waals surface area contributed by atoms with Gasteiger partial charge in [0.2, 0.25) is 5.91 Å². The van der Waals surface area contributed by atoms with Crippen molar-refractivity contribution in [2.45, 2.75) is 6.42 Å². The summed E-state index contributed by atoms with van der Waals surface area (Å²) in [6.45, 7) is 0. The molecule has 0 aliphatic heterocycles. The number of hydrogen-bond donors (Lipinski definition) is 2. The molecule has 0 fully saturated rings. The molecule has 0 bridgehead atoms. The van der Waals surface area contributed by atoms with E-state index in [4.69, 9.17) is 21.1 Å². The van der Waals surface area contributed by atoms with Crippen LogP contribution >= 0.6 is 22.9 Å². The molecule has 0 atom stereocenters. The van der Waals surface area contributed by atoms with E-state index in [1.165, 1.54) is 25.6 Å². The Bertz CT molecular complexity index is 1020. The number of anilines is 2. The van der Waals surface area contributed by atoms with Crippen molar-refractivity contribution in [3.8, 4) is 11.5 Å². The highest BCUT2D eigenvalue weighted by Gasteiger charge is 2.15. The summed E-state index contributed by atoms with van der Waals surface area (Å²) in [5.41, 5.74) is 1.51. The first-order chi connectivity index (χ1) is 14.0. The molecule has 29 heavy (non-hydrogen) atoms. The Morgan fingerprint density at radius 1 is 1.07 bits per heavy atom. The van der Waals surface area contributed by atoms with Crippen LogP contribution in [0.25, 0.3) is 0 Å². The number of halogens is 1. The molecule has 0 radical (unpaired) electrons. The summed E-state index contributed by atoms with van der Waals surface area (Å²) in [6.07, 6.45) is 0.0335. The molecule has 2 N–H and O–H groups in total. The molecule has 0 spiro atoms. The first kappa shape index (κ1) is 20.6. The Labute approximate surface area is 176 Å². The van der Waals surface area contributed by atoms with E-state index in [1.807, 2.05) is 6.07 Å². The first-order valence-electron chi connectivity index (χ1n) is 8.52. The molecular formula is C20H18ClN3O4S. The number of hydrogen-bond acceptors (Lipinski definition) is 6. The number of ether oxygens (including phenoxy) is 2. The number of benzene rings is 2. The molecule has 1 aromatic heterocycles. The number of thiazole rings is 1. The molecule has 0 saturated heterocycles. The van der Waals surface area contributed by atoms with E-state index in [2.05, 4.69) is 15.6 Å². The van der Waals surface area contributed by atoms with Gasteiger partial charge in [0.1, 0.15) is 11.5 Å². The van der Waals surface area contributed by atoms with Crippen LogP contribution in [-0.2, 0) is 11.2 Å². The lowest BCUT2D eigenvalue weighted by atomic mass is 10.2. The number of methoxy groups -OCH3 is 2. The smallest absolute Gasteiger partial charge is 0.257 e. The van der Waals surface area contributed by atoms with Gasteiger partial charge in [-0.25, -0.2) is 4.98 Å². The van der Waals surface area contributed by atoms with Crippen molar-refractivity contribution in [3.63, 3.8) is 0 Å². The van der Waals surface area contributed by atoms with Crippen LogP contribution < -0.4 is 20.1 Å².